The Morgan fingerprint density at radius 2 is 2.31 bits per heavy atom. The lowest BCUT2D eigenvalue weighted by Gasteiger charge is -2.18. The topological polar surface area (TPSA) is 55.6 Å². The summed E-state index contributed by atoms with van der Waals surface area (Å²) >= 11 is 0. The lowest BCUT2D eigenvalue weighted by Crippen LogP contribution is -2.27. The fraction of sp³-hybridized carbons (Fsp3) is 0.417. The maximum Gasteiger partial charge on any atom is 0.307 e. The highest BCUT2D eigenvalue weighted by Crippen LogP contribution is 2.32. The number of fused-ring (bicyclic) bond motifs is 1. The summed E-state index contributed by atoms with van der Waals surface area (Å²) in [6, 6.07) is 8.11. The van der Waals surface area contributed by atoms with Crippen molar-refractivity contribution < 1.29 is 9.53 Å². The number of carbonyl (C=O) groups is 1. The number of benzene rings is 1. The molecule has 0 aliphatic carbocycles. The van der Waals surface area contributed by atoms with Gasteiger partial charge in [-0.2, -0.15) is 0 Å². The fourth-order valence-corrected chi connectivity index (χ4v) is 2.06. The molecule has 0 saturated carbocycles. The second-order valence-corrected chi connectivity index (χ2v) is 3.94. The van der Waals surface area contributed by atoms with Crippen LogP contribution in [0.2, 0.25) is 0 Å². The van der Waals surface area contributed by atoms with Gasteiger partial charge in [0.25, 0.3) is 0 Å². The van der Waals surface area contributed by atoms with E-state index in [1.54, 1.807) is 0 Å². The Kier molecular flexibility index (Phi) is 3.10. The molecule has 1 aliphatic rings. The third-order valence-electron chi connectivity index (χ3n) is 2.91. The molecule has 1 heterocycles. The SMILES string of the molecule is COC(=O)CCN1CC(N)c2ccccc21. The molecule has 1 atom stereocenters. The van der Waals surface area contributed by atoms with Crippen LogP contribution in [0.5, 0.6) is 0 Å². The van der Waals surface area contributed by atoms with Crippen LogP contribution in [-0.2, 0) is 9.53 Å². The maximum absolute atomic E-state index is 11.1. The molecule has 4 nitrogen and oxygen atoms in total. The minimum atomic E-state index is -0.182. The van der Waals surface area contributed by atoms with Gasteiger partial charge in [0.2, 0.25) is 0 Å². The molecule has 1 unspecified atom stereocenters. The number of esters is 1. The Morgan fingerprint density at radius 1 is 1.56 bits per heavy atom. The van der Waals surface area contributed by atoms with E-state index in [1.807, 2.05) is 24.3 Å². The van der Waals surface area contributed by atoms with Crippen molar-refractivity contribution in [2.24, 2.45) is 5.73 Å². The van der Waals surface area contributed by atoms with E-state index in [2.05, 4.69) is 9.64 Å². The third-order valence-corrected chi connectivity index (χ3v) is 2.91. The number of nitrogens with zero attached hydrogens (tertiary/aromatic N) is 1. The van der Waals surface area contributed by atoms with Gasteiger partial charge in [-0.25, -0.2) is 0 Å². The monoisotopic (exact) mass is 220 g/mol. The number of nitrogens with two attached hydrogens (primary N) is 1. The third kappa shape index (κ3) is 2.02. The summed E-state index contributed by atoms with van der Waals surface area (Å²) < 4.78 is 4.63. The van der Waals surface area contributed by atoms with E-state index >= 15 is 0 Å². The van der Waals surface area contributed by atoms with E-state index in [0.717, 1.165) is 17.8 Å². The van der Waals surface area contributed by atoms with Gasteiger partial charge < -0.3 is 15.4 Å². The fourth-order valence-electron chi connectivity index (χ4n) is 2.06. The highest BCUT2D eigenvalue weighted by Gasteiger charge is 2.25. The van der Waals surface area contributed by atoms with E-state index < -0.39 is 0 Å². The maximum atomic E-state index is 11.1. The summed E-state index contributed by atoms with van der Waals surface area (Å²) in [5, 5.41) is 0. The second-order valence-electron chi connectivity index (χ2n) is 3.94. The molecular formula is C12H16N2O2. The van der Waals surface area contributed by atoms with E-state index in [9.17, 15) is 4.79 Å². The molecule has 2 N–H and O–H groups in total. The first-order valence-corrected chi connectivity index (χ1v) is 5.38. The summed E-state index contributed by atoms with van der Waals surface area (Å²) in [4.78, 5) is 13.2. The van der Waals surface area contributed by atoms with Crippen LogP contribution in [0.3, 0.4) is 0 Å². The van der Waals surface area contributed by atoms with Crippen molar-refractivity contribution in [2.75, 3.05) is 25.1 Å². The van der Waals surface area contributed by atoms with Gasteiger partial charge in [-0.05, 0) is 11.6 Å². The quantitative estimate of drug-likeness (QED) is 0.774. The summed E-state index contributed by atoms with van der Waals surface area (Å²) in [6.45, 7) is 1.44. The van der Waals surface area contributed by atoms with Gasteiger partial charge in [0, 0.05) is 24.8 Å². The molecule has 86 valence electrons. The molecule has 0 saturated heterocycles. The van der Waals surface area contributed by atoms with Gasteiger partial charge in [-0.1, -0.05) is 18.2 Å². The molecule has 0 spiro atoms. The van der Waals surface area contributed by atoms with Crippen molar-refractivity contribution >= 4 is 11.7 Å². The van der Waals surface area contributed by atoms with Crippen molar-refractivity contribution in [1.29, 1.82) is 0 Å². The van der Waals surface area contributed by atoms with Gasteiger partial charge in [0.15, 0.2) is 0 Å². The predicted octanol–water partition coefficient (Wildman–Crippen LogP) is 1.07. The van der Waals surface area contributed by atoms with Gasteiger partial charge in [-0.3, -0.25) is 4.79 Å². The molecule has 1 aromatic carbocycles. The van der Waals surface area contributed by atoms with E-state index in [-0.39, 0.29) is 12.0 Å². The van der Waals surface area contributed by atoms with Crippen LogP contribution in [0.25, 0.3) is 0 Å². The zero-order chi connectivity index (χ0) is 11.5. The average molecular weight is 220 g/mol. The van der Waals surface area contributed by atoms with Crippen LogP contribution >= 0.6 is 0 Å². The highest BCUT2D eigenvalue weighted by molar-refractivity contribution is 5.70. The van der Waals surface area contributed by atoms with Crippen LogP contribution in [0.4, 0.5) is 5.69 Å². The average Bonchev–Trinajstić information content (AvgIpc) is 2.64. The van der Waals surface area contributed by atoms with E-state index in [4.69, 9.17) is 5.73 Å². The Hall–Kier alpha value is -1.55. The Bertz CT molecular complexity index is 392. The zero-order valence-corrected chi connectivity index (χ0v) is 9.35. The van der Waals surface area contributed by atoms with Gasteiger partial charge in [-0.15, -0.1) is 0 Å². The van der Waals surface area contributed by atoms with Crippen molar-refractivity contribution in [2.45, 2.75) is 12.5 Å². The summed E-state index contributed by atoms with van der Waals surface area (Å²) in [5.74, 6) is -0.182. The largest absolute Gasteiger partial charge is 0.469 e. The highest BCUT2D eigenvalue weighted by atomic mass is 16.5. The molecule has 0 amide bonds. The number of rotatable bonds is 3. The van der Waals surface area contributed by atoms with Crippen molar-refractivity contribution in [3.8, 4) is 0 Å². The minimum absolute atomic E-state index is 0.0499. The Labute approximate surface area is 95.0 Å². The molecule has 0 bridgehead atoms. The van der Waals surface area contributed by atoms with Crippen LogP contribution in [0.1, 0.15) is 18.0 Å². The normalized spacial score (nSPS) is 18.4. The zero-order valence-electron chi connectivity index (χ0n) is 9.35. The summed E-state index contributed by atoms with van der Waals surface area (Å²) in [6.07, 6.45) is 0.400. The predicted molar refractivity (Wildman–Crippen MR) is 62.2 cm³/mol. The first kappa shape index (κ1) is 11.0. The van der Waals surface area contributed by atoms with Gasteiger partial charge in [0.05, 0.1) is 13.5 Å². The second kappa shape index (κ2) is 4.53. The number of hydrogen-bond donors (Lipinski definition) is 1. The molecule has 1 aliphatic heterocycles. The van der Waals surface area contributed by atoms with Crippen LogP contribution in [0.15, 0.2) is 24.3 Å². The number of hydrogen-bond acceptors (Lipinski definition) is 4. The van der Waals surface area contributed by atoms with Crippen LogP contribution < -0.4 is 10.6 Å². The molecule has 2 rings (SSSR count). The van der Waals surface area contributed by atoms with E-state index in [1.165, 1.54) is 7.11 Å². The minimum Gasteiger partial charge on any atom is -0.469 e. The van der Waals surface area contributed by atoms with Crippen molar-refractivity contribution in [3.05, 3.63) is 29.8 Å². The number of para-hydroxylation sites is 1. The number of carbonyl (C=O) groups excluding carboxylic acids is 1. The molecule has 4 heteroatoms. The number of methoxy groups -OCH3 is 1. The van der Waals surface area contributed by atoms with Gasteiger partial charge in [0.1, 0.15) is 0 Å². The smallest absolute Gasteiger partial charge is 0.307 e. The summed E-state index contributed by atoms with van der Waals surface area (Å²) in [5.41, 5.74) is 8.32. The molecule has 0 fully saturated rings. The van der Waals surface area contributed by atoms with Crippen LogP contribution in [-0.4, -0.2) is 26.2 Å². The molecule has 0 radical (unpaired) electrons. The lowest BCUT2D eigenvalue weighted by atomic mass is 10.1. The molecule has 1 aromatic rings. The van der Waals surface area contributed by atoms with Crippen molar-refractivity contribution in [3.63, 3.8) is 0 Å². The number of ether oxygens (including phenoxy) is 1. The Morgan fingerprint density at radius 3 is 3.06 bits per heavy atom. The lowest BCUT2D eigenvalue weighted by molar-refractivity contribution is -0.140. The Balaban J connectivity index is 2.06. The first-order valence-electron chi connectivity index (χ1n) is 5.38. The molecule has 0 aromatic heterocycles. The number of anilines is 1. The van der Waals surface area contributed by atoms with Crippen molar-refractivity contribution in [1.82, 2.24) is 0 Å². The van der Waals surface area contributed by atoms with Gasteiger partial charge >= 0.3 is 5.97 Å². The standard InChI is InChI=1S/C12H16N2O2/c1-16-12(15)6-7-14-8-10(13)9-4-2-3-5-11(9)14/h2-5,10H,6-8,13H2,1H3. The van der Waals surface area contributed by atoms with E-state index in [0.29, 0.717) is 13.0 Å². The molecular weight excluding hydrogens is 204 g/mol. The van der Waals surface area contributed by atoms with Crippen LogP contribution in [0, 0.1) is 0 Å². The summed E-state index contributed by atoms with van der Waals surface area (Å²) in [7, 11) is 1.41. The molecule has 16 heavy (non-hydrogen) atoms. The first-order chi connectivity index (χ1) is 7.72.